The molecule has 1 aliphatic rings. The molecule has 2 rings (SSSR count). The molecule has 4 heteroatoms. The van der Waals surface area contributed by atoms with Crippen LogP contribution in [-0.2, 0) is 11.3 Å². The normalized spacial score (nSPS) is 24.7. The number of rotatable bonds is 8. The second kappa shape index (κ2) is 8.78. The molecular weight excluding hydrogens is 270 g/mol. The molecule has 1 aromatic heterocycles. The lowest BCUT2D eigenvalue weighted by molar-refractivity contribution is -0.0499. The minimum absolute atomic E-state index is 0.361. The van der Waals surface area contributed by atoms with E-state index >= 15 is 0 Å². The first-order chi connectivity index (χ1) is 9.79. The fraction of sp³-hybridized carbons (Fsp3) is 0.750. The average Bonchev–Trinajstić information content (AvgIpc) is 2.98. The lowest BCUT2D eigenvalue weighted by Gasteiger charge is -2.31. The lowest BCUT2D eigenvalue weighted by Crippen LogP contribution is -2.34. The van der Waals surface area contributed by atoms with E-state index in [-0.39, 0.29) is 0 Å². The van der Waals surface area contributed by atoms with Crippen molar-refractivity contribution in [2.75, 3.05) is 13.2 Å². The van der Waals surface area contributed by atoms with Crippen molar-refractivity contribution < 1.29 is 9.84 Å². The fourth-order valence-corrected chi connectivity index (χ4v) is 3.60. The highest BCUT2D eigenvalue weighted by Crippen LogP contribution is 2.29. The predicted octanol–water partition coefficient (Wildman–Crippen LogP) is 3.18. The molecule has 0 saturated heterocycles. The molecule has 1 saturated carbocycles. The standard InChI is InChI=1S/C16H27NO2S/c1-2-14-5-3-4-6-16(14)19-11-15(18)10-17-9-13-7-8-20-12-13/h7-8,12,14-18H,2-6,9-11H2,1H3. The zero-order valence-electron chi connectivity index (χ0n) is 12.4. The largest absolute Gasteiger partial charge is 0.389 e. The van der Waals surface area contributed by atoms with Crippen LogP contribution in [0.1, 0.15) is 44.6 Å². The van der Waals surface area contributed by atoms with Gasteiger partial charge in [0.05, 0.1) is 18.8 Å². The fourth-order valence-electron chi connectivity index (χ4n) is 2.93. The van der Waals surface area contributed by atoms with Crippen molar-refractivity contribution in [2.24, 2.45) is 5.92 Å². The number of thiophene rings is 1. The molecule has 3 nitrogen and oxygen atoms in total. The van der Waals surface area contributed by atoms with Gasteiger partial charge in [0.1, 0.15) is 0 Å². The first-order valence-corrected chi connectivity index (χ1v) is 8.75. The van der Waals surface area contributed by atoms with Crippen LogP contribution in [0, 0.1) is 5.92 Å². The van der Waals surface area contributed by atoms with Crippen molar-refractivity contribution in [1.29, 1.82) is 0 Å². The third-order valence-electron chi connectivity index (χ3n) is 4.16. The molecule has 20 heavy (non-hydrogen) atoms. The van der Waals surface area contributed by atoms with Gasteiger partial charge in [-0.25, -0.2) is 0 Å². The smallest absolute Gasteiger partial charge is 0.0897 e. The monoisotopic (exact) mass is 297 g/mol. The second-order valence-electron chi connectivity index (χ2n) is 5.74. The molecular formula is C16H27NO2S. The number of aliphatic hydroxyl groups excluding tert-OH is 1. The van der Waals surface area contributed by atoms with Crippen LogP contribution in [0.25, 0.3) is 0 Å². The van der Waals surface area contributed by atoms with Gasteiger partial charge < -0.3 is 15.2 Å². The van der Waals surface area contributed by atoms with Crippen LogP contribution in [0.2, 0.25) is 0 Å². The zero-order chi connectivity index (χ0) is 14.2. The summed E-state index contributed by atoms with van der Waals surface area (Å²) in [5.41, 5.74) is 1.28. The minimum Gasteiger partial charge on any atom is -0.389 e. The van der Waals surface area contributed by atoms with Crippen LogP contribution < -0.4 is 5.32 Å². The van der Waals surface area contributed by atoms with E-state index < -0.39 is 6.10 Å². The predicted molar refractivity (Wildman–Crippen MR) is 84.0 cm³/mol. The van der Waals surface area contributed by atoms with Gasteiger partial charge in [-0.2, -0.15) is 11.3 Å². The van der Waals surface area contributed by atoms with Crippen molar-refractivity contribution in [2.45, 2.75) is 57.8 Å². The van der Waals surface area contributed by atoms with Crippen molar-refractivity contribution >= 4 is 11.3 Å². The van der Waals surface area contributed by atoms with Gasteiger partial charge in [0.25, 0.3) is 0 Å². The molecule has 1 aliphatic carbocycles. The molecule has 1 fully saturated rings. The van der Waals surface area contributed by atoms with Gasteiger partial charge in [0.15, 0.2) is 0 Å². The Morgan fingerprint density at radius 3 is 3.05 bits per heavy atom. The molecule has 1 heterocycles. The van der Waals surface area contributed by atoms with Crippen molar-refractivity contribution in [3.63, 3.8) is 0 Å². The molecule has 3 atom stereocenters. The lowest BCUT2D eigenvalue weighted by atomic mass is 9.85. The summed E-state index contributed by atoms with van der Waals surface area (Å²) < 4.78 is 5.95. The molecule has 3 unspecified atom stereocenters. The summed E-state index contributed by atoms with van der Waals surface area (Å²) in [6.45, 7) is 4.12. The van der Waals surface area contributed by atoms with Crippen LogP contribution in [-0.4, -0.2) is 30.5 Å². The summed E-state index contributed by atoms with van der Waals surface area (Å²) in [4.78, 5) is 0. The summed E-state index contributed by atoms with van der Waals surface area (Å²) in [5, 5.41) is 17.5. The maximum Gasteiger partial charge on any atom is 0.0897 e. The minimum atomic E-state index is -0.409. The maximum atomic E-state index is 9.98. The van der Waals surface area contributed by atoms with Gasteiger partial charge in [-0.3, -0.25) is 0 Å². The van der Waals surface area contributed by atoms with Crippen LogP contribution in [0.4, 0.5) is 0 Å². The van der Waals surface area contributed by atoms with E-state index in [9.17, 15) is 5.11 Å². The van der Waals surface area contributed by atoms with Crippen molar-refractivity contribution in [3.8, 4) is 0 Å². The molecule has 0 amide bonds. The molecule has 0 spiro atoms. The molecule has 1 aromatic rings. The quantitative estimate of drug-likeness (QED) is 0.774. The number of ether oxygens (including phenoxy) is 1. The highest BCUT2D eigenvalue weighted by molar-refractivity contribution is 7.07. The SMILES string of the molecule is CCC1CCCCC1OCC(O)CNCc1ccsc1. The van der Waals surface area contributed by atoms with Gasteiger partial charge in [-0.1, -0.05) is 26.2 Å². The molecule has 0 bridgehead atoms. The van der Waals surface area contributed by atoms with Crippen LogP contribution >= 0.6 is 11.3 Å². The Labute approximate surface area is 126 Å². The van der Waals surface area contributed by atoms with Crippen LogP contribution in [0.3, 0.4) is 0 Å². The van der Waals surface area contributed by atoms with E-state index in [4.69, 9.17) is 4.74 Å². The van der Waals surface area contributed by atoms with Gasteiger partial charge in [-0.05, 0) is 41.1 Å². The van der Waals surface area contributed by atoms with Crippen molar-refractivity contribution in [1.82, 2.24) is 5.32 Å². The summed E-state index contributed by atoms with van der Waals surface area (Å²) in [5.74, 6) is 0.690. The molecule has 2 N–H and O–H groups in total. The molecule has 0 radical (unpaired) electrons. The van der Waals surface area contributed by atoms with E-state index in [1.54, 1.807) is 11.3 Å². The Kier molecular flexibility index (Phi) is 7.00. The summed E-state index contributed by atoms with van der Waals surface area (Å²) in [6, 6.07) is 2.11. The number of hydrogen-bond donors (Lipinski definition) is 2. The van der Waals surface area contributed by atoms with Gasteiger partial charge in [0, 0.05) is 13.1 Å². The van der Waals surface area contributed by atoms with Crippen molar-refractivity contribution in [3.05, 3.63) is 22.4 Å². The number of nitrogens with one attached hydrogen (secondary N) is 1. The third kappa shape index (κ3) is 5.17. The third-order valence-corrected chi connectivity index (χ3v) is 4.89. The Morgan fingerprint density at radius 2 is 2.30 bits per heavy atom. The van der Waals surface area contributed by atoms with Gasteiger partial charge in [0.2, 0.25) is 0 Å². The topological polar surface area (TPSA) is 41.5 Å². The van der Waals surface area contributed by atoms with E-state index in [1.165, 1.54) is 31.2 Å². The first-order valence-electron chi connectivity index (χ1n) is 7.81. The van der Waals surface area contributed by atoms with Gasteiger partial charge in [-0.15, -0.1) is 0 Å². The second-order valence-corrected chi connectivity index (χ2v) is 6.52. The highest BCUT2D eigenvalue weighted by atomic mass is 32.1. The highest BCUT2D eigenvalue weighted by Gasteiger charge is 2.24. The average molecular weight is 297 g/mol. The Balaban J connectivity index is 1.60. The molecule has 0 aromatic carbocycles. The molecule has 114 valence electrons. The Hall–Kier alpha value is -0.420. The molecule has 0 aliphatic heterocycles. The Bertz CT molecular complexity index is 355. The van der Waals surface area contributed by atoms with Gasteiger partial charge >= 0.3 is 0 Å². The Morgan fingerprint density at radius 1 is 1.45 bits per heavy atom. The first kappa shape index (κ1) is 16.0. The number of hydrogen-bond acceptors (Lipinski definition) is 4. The van der Waals surface area contributed by atoms with E-state index in [1.807, 2.05) is 0 Å². The van der Waals surface area contributed by atoms with E-state index in [0.29, 0.717) is 25.2 Å². The summed E-state index contributed by atoms with van der Waals surface area (Å²) >= 11 is 1.70. The van der Waals surface area contributed by atoms with Crippen LogP contribution in [0.15, 0.2) is 16.8 Å². The summed E-state index contributed by atoms with van der Waals surface area (Å²) in [6.07, 6.45) is 6.20. The number of aliphatic hydroxyl groups is 1. The zero-order valence-corrected chi connectivity index (χ0v) is 13.2. The van der Waals surface area contributed by atoms with E-state index in [2.05, 4.69) is 29.1 Å². The summed E-state index contributed by atoms with van der Waals surface area (Å²) in [7, 11) is 0. The van der Waals surface area contributed by atoms with Crippen LogP contribution in [0.5, 0.6) is 0 Å². The maximum absolute atomic E-state index is 9.98. The van der Waals surface area contributed by atoms with E-state index in [0.717, 1.165) is 13.0 Å².